The lowest BCUT2D eigenvalue weighted by Crippen LogP contribution is -2.07. The highest BCUT2D eigenvalue weighted by Gasteiger charge is 2.44. The summed E-state index contributed by atoms with van der Waals surface area (Å²) in [6.45, 7) is 6.54. The van der Waals surface area contributed by atoms with Crippen LogP contribution in [0.5, 0.6) is 0 Å². The van der Waals surface area contributed by atoms with E-state index in [1.54, 1.807) is 4.68 Å². The molecule has 1 fully saturated rings. The molecular formula is C25H24N8. The van der Waals surface area contributed by atoms with Crippen LogP contribution in [0.2, 0.25) is 0 Å². The largest absolute Gasteiger partial charge is 0.323 e. The van der Waals surface area contributed by atoms with Gasteiger partial charge in [-0.2, -0.15) is 4.68 Å². The van der Waals surface area contributed by atoms with Crippen molar-refractivity contribution < 1.29 is 0 Å². The summed E-state index contributed by atoms with van der Waals surface area (Å²) in [6, 6.07) is 14.5. The summed E-state index contributed by atoms with van der Waals surface area (Å²) in [7, 11) is 0. The normalized spacial score (nSPS) is 17.5. The van der Waals surface area contributed by atoms with E-state index in [1.807, 2.05) is 39.2 Å². The van der Waals surface area contributed by atoms with Crippen molar-refractivity contribution in [3.05, 3.63) is 89.4 Å². The summed E-state index contributed by atoms with van der Waals surface area (Å²) in [4.78, 5) is 23.0. The predicted molar refractivity (Wildman–Crippen MR) is 124 cm³/mol. The Morgan fingerprint density at radius 1 is 0.879 bits per heavy atom. The molecule has 0 aliphatic heterocycles. The molecule has 1 aromatic carbocycles. The highest BCUT2D eigenvalue weighted by atomic mass is 15.4. The topological polar surface area (TPSA) is 87.2 Å². The van der Waals surface area contributed by atoms with Crippen molar-refractivity contribution >= 4 is 11.0 Å². The van der Waals surface area contributed by atoms with Gasteiger partial charge in [-0.25, -0.2) is 19.9 Å². The number of aromatic nitrogens is 8. The van der Waals surface area contributed by atoms with Crippen molar-refractivity contribution in [2.45, 2.75) is 45.6 Å². The van der Waals surface area contributed by atoms with Gasteiger partial charge in [0.2, 0.25) is 0 Å². The molecule has 8 nitrogen and oxygen atoms in total. The SMILES string of the molecule is Cc1nc([C@@H]2C[C@H]2c2nc3ccccc3n2Cc2ccncc2)cc(-n2nc(C)nc2C)n1. The number of pyridine rings is 1. The molecule has 1 aliphatic carbocycles. The predicted octanol–water partition coefficient (Wildman–Crippen LogP) is 4.05. The molecule has 0 amide bonds. The van der Waals surface area contributed by atoms with Gasteiger partial charge in [0.15, 0.2) is 5.82 Å². The van der Waals surface area contributed by atoms with Gasteiger partial charge in [-0.1, -0.05) is 12.1 Å². The van der Waals surface area contributed by atoms with Crippen LogP contribution in [0.3, 0.4) is 0 Å². The van der Waals surface area contributed by atoms with E-state index in [0.717, 1.165) is 58.8 Å². The van der Waals surface area contributed by atoms with Gasteiger partial charge in [-0.05, 0) is 57.0 Å². The number of nitrogens with zero attached hydrogens (tertiary/aromatic N) is 8. The number of para-hydroxylation sites is 2. The van der Waals surface area contributed by atoms with Gasteiger partial charge in [-0.3, -0.25) is 4.98 Å². The van der Waals surface area contributed by atoms with Gasteiger partial charge in [0.25, 0.3) is 0 Å². The lowest BCUT2D eigenvalue weighted by molar-refractivity contribution is 0.731. The monoisotopic (exact) mass is 436 g/mol. The Morgan fingerprint density at radius 2 is 1.70 bits per heavy atom. The maximum atomic E-state index is 5.04. The first-order valence-electron chi connectivity index (χ1n) is 11.2. The zero-order valence-corrected chi connectivity index (χ0v) is 18.8. The van der Waals surface area contributed by atoms with Crippen molar-refractivity contribution in [1.29, 1.82) is 0 Å². The van der Waals surface area contributed by atoms with Crippen LogP contribution in [0.1, 0.15) is 52.8 Å². The third-order valence-electron chi connectivity index (χ3n) is 6.21. The molecule has 1 aliphatic rings. The molecule has 0 bridgehead atoms. The van der Waals surface area contributed by atoms with Gasteiger partial charge in [0.1, 0.15) is 23.3 Å². The lowest BCUT2D eigenvalue weighted by Gasteiger charge is -2.10. The Balaban J connectivity index is 1.37. The molecule has 0 saturated heterocycles. The molecule has 1 saturated carbocycles. The van der Waals surface area contributed by atoms with Crippen LogP contribution < -0.4 is 0 Å². The fourth-order valence-corrected chi connectivity index (χ4v) is 4.63. The first kappa shape index (κ1) is 19.7. The Bertz CT molecular complexity index is 1470. The number of aryl methyl sites for hydroxylation is 3. The lowest BCUT2D eigenvalue weighted by atomic mass is 10.2. The molecule has 0 N–H and O–H groups in total. The minimum atomic E-state index is 0.309. The van der Waals surface area contributed by atoms with E-state index in [0.29, 0.717) is 11.8 Å². The maximum absolute atomic E-state index is 5.04. The second kappa shape index (κ2) is 7.58. The summed E-state index contributed by atoms with van der Waals surface area (Å²) in [5.74, 6) is 4.81. The van der Waals surface area contributed by atoms with Crippen molar-refractivity contribution in [1.82, 2.24) is 39.3 Å². The van der Waals surface area contributed by atoms with E-state index in [9.17, 15) is 0 Å². The van der Waals surface area contributed by atoms with Crippen molar-refractivity contribution in [3.63, 3.8) is 0 Å². The van der Waals surface area contributed by atoms with Gasteiger partial charge in [0, 0.05) is 36.8 Å². The first-order valence-corrected chi connectivity index (χ1v) is 11.2. The Morgan fingerprint density at radius 3 is 2.48 bits per heavy atom. The number of imidazole rings is 1. The second-order valence-electron chi connectivity index (χ2n) is 8.67. The Labute approximate surface area is 191 Å². The highest BCUT2D eigenvalue weighted by molar-refractivity contribution is 5.76. The van der Waals surface area contributed by atoms with Crippen LogP contribution in [0.4, 0.5) is 0 Å². The van der Waals surface area contributed by atoms with Crippen LogP contribution >= 0.6 is 0 Å². The quantitative estimate of drug-likeness (QED) is 0.413. The summed E-state index contributed by atoms with van der Waals surface area (Å²) < 4.78 is 4.14. The van der Waals surface area contributed by atoms with Gasteiger partial charge < -0.3 is 4.57 Å². The van der Waals surface area contributed by atoms with Crippen molar-refractivity contribution in [3.8, 4) is 5.82 Å². The number of hydrogen-bond donors (Lipinski definition) is 0. The third kappa shape index (κ3) is 3.57. The fourth-order valence-electron chi connectivity index (χ4n) is 4.63. The van der Waals surface area contributed by atoms with Gasteiger partial charge >= 0.3 is 0 Å². The molecule has 0 spiro atoms. The summed E-state index contributed by atoms with van der Waals surface area (Å²) in [5.41, 5.74) is 4.44. The highest BCUT2D eigenvalue weighted by Crippen LogP contribution is 2.54. The van der Waals surface area contributed by atoms with E-state index in [2.05, 4.69) is 61.0 Å². The molecule has 0 unspecified atom stereocenters. The maximum Gasteiger partial charge on any atom is 0.159 e. The van der Waals surface area contributed by atoms with Crippen LogP contribution in [-0.4, -0.2) is 39.3 Å². The first-order chi connectivity index (χ1) is 16.1. The van der Waals surface area contributed by atoms with Crippen LogP contribution in [-0.2, 0) is 6.54 Å². The molecule has 164 valence electrons. The molecule has 6 rings (SSSR count). The summed E-state index contributed by atoms with van der Waals surface area (Å²) in [5, 5.41) is 4.50. The van der Waals surface area contributed by atoms with Crippen LogP contribution in [0, 0.1) is 20.8 Å². The molecule has 4 aromatic heterocycles. The van der Waals surface area contributed by atoms with E-state index in [1.165, 1.54) is 5.56 Å². The number of hydrogen-bond acceptors (Lipinski definition) is 6. The average Bonchev–Trinajstić information content (AvgIpc) is 3.43. The van der Waals surface area contributed by atoms with E-state index >= 15 is 0 Å². The standard InChI is InChI=1S/C25H24N8/c1-15-28-22(13-24(29-15)33-17(3)27-16(2)31-33)19-12-20(19)25-30-21-6-4-5-7-23(21)32(25)14-18-8-10-26-11-9-18/h4-11,13,19-20H,12,14H2,1-3H3/t19-,20-/m1/s1. The molecule has 8 heteroatoms. The minimum absolute atomic E-state index is 0.309. The molecule has 33 heavy (non-hydrogen) atoms. The third-order valence-corrected chi connectivity index (χ3v) is 6.21. The molecule has 0 radical (unpaired) electrons. The number of fused-ring (bicyclic) bond motifs is 1. The van der Waals surface area contributed by atoms with Crippen molar-refractivity contribution in [2.24, 2.45) is 0 Å². The zero-order chi connectivity index (χ0) is 22.5. The Kier molecular flexibility index (Phi) is 4.53. The molecule has 4 heterocycles. The number of rotatable bonds is 5. The van der Waals surface area contributed by atoms with E-state index < -0.39 is 0 Å². The van der Waals surface area contributed by atoms with Crippen LogP contribution in [0.25, 0.3) is 16.9 Å². The summed E-state index contributed by atoms with van der Waals surface area (Å²) >= 11 is 0. The molecule has 5 aromatic rings. The molecule has 2 atom stereocenters. The van der Waals surface area contributed by atoms with Gasteiger partial charge in [-0.15, -0.1) is 5.10 Å². The van der Waals surface area contributed by atoms with E-state index in [-0.39, 0.29) is 0 Å². The smallest absolute Gasteiger partial charge is 0.159 e. The van der Waals surface area contributed by atoms with Crippen LogP contribution in [0.15, 0.2) is 54.9 Å². The van der Waals surface area contributed by atoms with Gasteiger partial charge in [0.05, 0.1) is 16.7 Å². The average molecular weight is 437 g/mol. The van der Waals surface area contributed by atoms with E-state index in [4.69, 9.17) is 9.97 Å². The van der Waals surface area contributed by atoms with Crippen molar-refractivity contribution in [2.75, 3.05) is 0 Å². The second-order valence-corrected chi connectivity index (χ2v) is 8.67. The number of benzene rings is 1. The fraction of sp³-hybridized carbons (Fsp3) is 0.280. The Hall–Kier alpha value is -3.94. The minimum Gasteiger partial charge on any atom is -0.323 e. The molecular weight excluding hydrogens is 412 g/mol. The summed E-state index contributed by atoms with van der Waals surface area (Å²) in [6.07, 6.45) is 4.70. The zero-order valence-electron chi connectivity index (χ0n) is 18.8.